The number of carbonyl (C=O) groups excluding carboxylic acids is 1. The SMILES string of the molecule is CN1CCC(COC(=O)CC(C)(C)C)C1. The molecule has 88 valence electrons. The minimum Gasteiger partial charge on any atom is -0.465 e. The maximum Gasteiger partial charge on any atom is 0.306 e. The van der Waals surface area contributed by atoms with E-state index < -0.39 is 0 Å². The van der Waals surface area contributed by atoms with E-state index in [0.29, 0.717) is 18.9 Å². The van der Waals surface area contributed by atoms with Gasteiger partial charge in [0.1, 0.15) is 0 Å². The molecule has 1 rings (SSSR count). The molecule has 0 bridgehead atoms. The van der Waals surface area contributed by atoms with Crippen LogP contribution in [-0.4, -0.2) is 37.6 Å². The predicted octanol–water partition coefficient (Wildman–Crippen LogP) is 1.92. The van der Waals surface area contributed by atoms with Crippen LogP contribution in [0.3, 0.4) is 0 Å². The first-order chi connectivity index (χ1) is 6.87. The molecule has 1 fully saturated rings. The van der Waals surface area contributed by atoms with Gasteiger partial charge in [-0.05, 0) is 25.4 Å². The summed E-state index contributed by atoms with van der Waals surface area (Å²) in [6.45, 7) is 8.94. The van der Waals surface area contributed by atoms with Gasteiger partial charge < -0.3 is 9.64 Å². The van der Waals surface area contributed by atoms with Gasteiger partial charge in [-0.15, -0.1) is 0 Å². The molecule has 0 amide bonds. The van der Waals surface area contributed by atoms with Gasteiger partial charge in [-0.1, -0.05) is 20.8 Å². The zero-order valence-corrected chi connectivity index (χ0v) is 10.4. The van der Waals surface area contributed by atoms with E-state index >= 15 is 0 Å². The molecule has 1 saturated heterocycles. The van der Waals surface area contributed by atoms with E-state index in [-0.39, 0.29) is 11.4 Å². The van der Waals surface area contributed by atoms with E-state index in [9.17, 15) is 4.79 Å². The van der Waals surface area contributed by atoms with Crippen LogP contribution in [0.5, 0.6) is 0 Å². The lowest BCUT2D eigenvalue weighted by molar-refractivity contribution is -0.147. The van der Waals surface area contributed by atoms with Crippen molar-refractivity contribution >= 4 is 5.97 Å². The van der Waals surface area contributed by atoms with Crippen LogP contribution in [0.25, 0.3) is 0 Å². The number of ether oxygens (including phenoxy) is 1. The number of likely N-dealkylation sites (tertiary alicyclic amines) is 1. The third-order valence-electron chi connectivity index (χ3n) is 2.64. The molecule has 0 aromatic carbocycles. The molecule has 1 heterocycles. The largest absolute Gasteiger partial charge is 0.465 e. The lowest BCUT2D eigenvalue weighted by Crippen LogP contribution is -2.21. The first kappa shape index (κ1) is 12.5. The molecule has 0 radical (unpaired) electrons. The lowest BCUT2D eigenvalue weighted by atomic mass is 9.92. The maximum atomic E-state index is 11.5. The summed E-state index contributed by atoms with van der Waals surface area (Å²) in [5.41, 5.74) is 0.0313. The molecule has 0 N–H and O–H groups in total. The highest BCUT2D eigenvalue weighted by molar-refractivity contribution is 5.70. The summed E-state index contributed by atoms with van der Waals surface area (Å²) < 4.78 is 5.28. The second kappa shape index (κ2) is 4.97. The molecule has 1 aliphatic rings. The fourth-order valence-corrected chi connectivity index (χ4v) is 1.86. The van der Waals surface area contributed by atoms with Crippen LogP contribution in [0.1, 0.15) is 33.6 Å². The van der Waals surface area contributed by atoms with Gasteiger partial charge in [0.25, 0.3) is 0 Å². The van der Waals surface area contributed by atoms with Crippen LogP contribution < -0.4 is 0 Å². The summed E-state index contributed by atoms with van der Waals surface area (Å²) in [6, 6.07) is 0. The second-order valence-electron chi connectivity index (χ2n) is 5.84. The summed E-state index contributed by atoms with van der Waals surface area (Å²) in [5.74, 6) is 0.482. The Bertz CT molecular complexity index is 220. The van der Waals surface area contributed by atoms with Crippen LogP contribution in [0.2, 0.25) is 0 Å². The highest BCUT2D eigenvalue weighted by atomic mass is 16.5. The Morgan fingerprint density at radius 3 is 2.60 bits per heavy atom. The Balaban J connectivity index is 2.17. The molecule has 15 heavy (non-hydrogen) atoms. The number of rotatable bonds is 3. The van der Waals surface area contributed by atoms with Gasteiger partial charge >= 0.3 is 5.97 Å². The molecule has 0 spiro atoms. The number of hydrogen-bond donors (Lipinski definition) is 0. The van der Waals surface area contributed by atoms with Crippen LogP contribution >= 0.6 is 0 Å². The third kappa shape index (κ3) is 5.17. The minimum atomic E-state index is -0.0583. The number of hydrogen-bond acceptors (Lipinski definition) is 3. The van der Waals surface area contributed by atoms with E-state index in [1.165, 1.54) is 0 Å². The Labute approximate surface area is 92.8 Å². The highest BCUT2D eigenvalue weighted by Crippen LogP contribution is 2.20. The highest BCUT2D eigenvalue weighted by Gasteiger charge is 2.22. The van der Waals surface area contributed by atoms with Gasteiger partial charge in [-0.25, -0.2) is 0 Å². The molecular weight excluding hydrogens is 190 g/mol. The van der Waals surface area contributed by atoms with Crippen molar-refractivity contribution in [1.82, 2.24) is 4.90 Å². The van der Waals surface area contributed by atoms with Crippen molar-refractivity contribution in [3.8, 4) is 0 Å². The molecule has 1 atom stereocenters. The minimum absolute atomic E-state index is 0.0313. The zero-order valence-electron chi connectivity index (χ0n) is 10.4. The molecule has 0 aromatic rings. The standard InChI is InChI=1S/C12H23NO2/c1-12(2,3)7-11(14)15-9-10-5-6-13(4)8-10/h10H,5-9H2,1-4H3. The quantitative estimate of drug-likeness (QED) is 0.671. The summed E-state index contributed by atoms with van der Waals surface area (Å²) in [7, 11) is 2.11. The first-order valence-corrected chi connectivity index (χ1v) is 5.71. The molecule has 0 aromatic heterocycles. The van der Waals surface area contributed by atoms with Gasteiger partial charge in [-0.3, -0.25) is 4.79 Å². The maximum absolute atomic E-state index is 11.5. The number of carbonyl (C=O) groups is 1. The average molecular weight is 213 g/mol. The van der Waals surface area contributed by atoms with Gasteiger partial charge in [0.2, 0.25) is 0 Å². The fourth-order valence-electron chi connectivity index (χ4n) is 1.86. The zero-order chi connectivity index (χ0) is 11.5. The normalized spacial score (nSPS) is 23.1. The van der Waals surface area contributed by atoms with Gasteiger partial charge in [0, 0.05) is 12.5 Å². The van der Waals surface area contributed by atoms with E-state index in [1.807, 2.05) is 0 Å². The molecule has 0 aliphatic carbocycles. The molecule has 1 aliphatic heterocycles. The van der Waals surface area contributed by atoms with E-state index in [4.69, 9.17) is 4.74 Å². The molecule has 3 heteroatoms. The van der Waals surface area contributed by atoms with Crippen LogP contribution in [0.4, 0.5) is 0 Å². The smallest absolute Gasteiger partial charge is 0.306 e. The summed E-state index contributed by atoms with van der Waals surface area (Å²) in [6.07, 6.45) is 1.66. The van der Waals surface area contributed by atoms with Crippen LogP contribution in [0.15, 0.2) is 0 Å². The number of nitrogens with zero attached hydrogens (tertiary/aromatic N) is 1. The Hall–Kier alpha value is -0.570. The van der Waals surface area contributed by atoms with Crippen LogP contribution in [0, 0.1) is 11.3 Å². The van der Waals surface area contributed by atoms with E-state index in [1.54, 1.807) is 0 Å². The van der Waals surface area contributed by atoms with E-state index in [2.05, 4.69) is 32.7 Å². The topological polar surface area (TPSA) is 29.5 Å². The van der Waals surface area contributed by atoms with Crippen LogP contribution in [-0.2, 0) is 9.53 Å². The van der Waals surface area contributed by atoms with Crippen molar-refractivity contribution in [2.45, 2.75) is 33.6 Å². The molecule has 3 nitrogen and oxygen atoms in total. The molecular formula is C12H23NO2. The summed E-state index contributed by atoms with van der Waals surface area (Å²) in [5, 5.41) is 0. The monoisotopic (exact) mass is 213 g/mol. The summed E-state index contributed by atoms with van der Waals surface area (Å²) in [4.78, 5) is 13.7. The Morgan fingerprint density at radius 1 is 1.47 bits per heavy atom. The average Bonchev–Trinajstić information content (AvgIpc) is 2.45. The van der Waals surface area contributed by atoms with E-state index in [0.717, 1.165) is 19.5 Å². The molecule has 1 unspecified atom stereocenters. The Morgan fingerprint density at radius 2 is 2.13 bits per heavy atom. The van der Waals surface area contributed by atoms with Gasteiger partial charge in [0.15, 0.2) is 0 Å². The lowest BCUT2D eigenvalue weighted by Gasteiger charge is -2.17. The Kier molecular flexibility index (Phi) is 4.14. The van der Waals surface area contributed by atoms with Crippen molar-refractivity contribution in [2.75, 3.05) is 26.7 Å². The number of esters is 1. The second-order valence-corrected chi connectivity index (χ2v) is 5.84. The van der Waals surface area contributed by atoms with Crippen molar-refractivity contribution in [2.24, 2.45) is 11.3 Å². The van der Waals surface area contributed by atoms with Crippen molar-refractivity contribution in [1.29, 1.82) is 0 Å². The van der Waals surface area contributed by atoms with Crippen molar-refractivity contribution < 1.29 is 9.53 Å². The summed E-state index contributed by atoms with van der Waals surface area (Å²) >= 11 is 0. The van der Waals surface area contributed by atoms with Gasteiger partial charge in [-0.2, -0.15) is 0 Å². The third-order valence-corrected chi connectivity index (χ3v) is 2.64. The predicted molar refractivity (Wildman–Crippen MR) is 60.6 cm³/mol. The van der Waals surface area contributed by atoms with Crippen molar-refractivity contribution in [3.63, 3.8) is 0 Å². The van der Waals surface area contributed by atoms with Gasteiger partial charge in [0.05, 0.1) is 13.0 Å². The first-order valence-electron chi connectivity index (χ1n) is 5.71. The molecule has 0 saturated carbocycles. The fraction of sp³-hybridized carbons (Fsp3) is 0.917. The van der Waals surface area contributed by atoms with Crippen molar-refractivity contribution in [3.05, 3.63) is 0 Å².